The molecule has 0 rings (SSSR count). The second-order valence-corrected chi connectivity index (χ2v) is 13.8. The van der Waals surface area contributed by atoms with E-state index >= 15 is 0 Å². The SMILES string of the molecule is CC[C@@H](Cl)COP(=O)(OC[C@H](Cl)CC)[C@H](C)O[P@](=O)(C[C@H](Cl)CC)OC[C@H](Cl)CC. The molecule has 0 spiro atoms. The van der Waals surface area contributed by atoms with Crippen LogP contribution in [0.4, 0.5) is 0 Å². The lowest BCUT2D eigenvalue weighted by molar-refractivity contribution is 0.137. The van der Waals surface area contributed by atoms with E-state index in [-0.39, 0.29) is 42.1 Å². The number of hydrogen-bond donors (Lipinski definition) is 0. The van der Waals surface area contributed by atoms with E-state index in [1.54, 1.807) is 0 Å². The highest BCUT2D eigenvalue weighted by molar-refractivity contribution is 7.57. The highest BCUT2D eigenvalue weighted by Gasteiger charge is 2.41. The van der Waals surface area contributed by atoms with E-state index in [2.05, 4.69) is 0 Å². The third-order valence-corrected chi connectivity index (χ3v) is 10.5. The van der Waals surface area contributed by atoms with E-state index in [4.69, 9.17) is 64.5 Å². The van der Waals surface area contributed by atoms with Gasteiger partial charge in [-0.15, -0.1) is 46.4 Å². The summed E-state index contributed by atoms with van der Waals surface area (Å²) in [6.45, 7) is 8.95. The lowest BCUT2D eigenvalue weighted by Crippen LogP contribution is -2.21. The van der Waals surface area contributed by atoms with Gasteiger partial charge in [-0.25, -0.2) is 0 Å². The first-order valence-corrected chi connectivity index (χ1v) is 15.4. The Labute approximate surface area is 202 Å². The molecule has 6 nitrogen and oxygen atoms in total. The van der Waals surface area contributed by atoms with E-state index in [1.165, 1.54) is 6.92 Å². The Kier molecular flexibility index (Phi) is 16.9. The molecule has 0 aliphatic heterocycles. The van der Waals surface area contributed by atoms with Crippen molar-refractivity contribution in [1.82, 2.24) is 0 Å². The van der Waals surface area contributed by atoms with Crippen LogP contribution in [0.1, 0.15) is 60.3 Å². The molecule has 30 heavy (non-hydrogen) atoms. The van der Waals surface area contributed by atoms with E-state index in [0.717, 1.165) is 0 Å². The van der Waals surface area contributed by atoms with Gasteiger partial charge in [0.2, 0.25) is 0 Å². The van der Waals surface area contributed by atoms with Gasteiger partial charge in [0.05, 0.1) is 42.1 Å². The molecule has 182 valence electrons. The van der Waals surface area contributed by atoms with Crippen LogP contribution in [0.2, 0.25) is 0 Å². The molecule has 0 aliphatic carbocycles. The Morgan fingerprint density at radius 1 is 0.667 bits per heavy atom. The second kappa shape index (κ2) is 16.1. The van der Waals surface area contributed by atoms with E-state index in [1.807, 2.05) is 27.7 Å². The minimum Gasteiger partial charge on any atom is -0.307 e. The van der Waals surface area contributed by atoms with Crippen LogP contribution in [-0.4, -0.2) is 53.3 Å². The molecule has 0 amide bonds. The first kappa shape index (κ1) is 31.5. The van der Waals surface area contributed by atoms with E-state index in [0.29, 0.717) is 25.7 Å². The van der Waals surface area contributed by atoms with Crippen LogP contribution in [0.3, 0.4) is 0 Å². The molecule has 0 aromatic heterocycles. The lowest BCUT2D eigenvalue weighted by atomic mass is 10.4. The Hall–Kier alpha value is 1.46. The summed E-state index contributed by atoms with van der Waals surface area (Å²) in [5.74, 6) is -1.18. The minimum absolute atomic E-state index is 0.0139. The molecule has 0 aliphatic rings. The largest absolute Gasteiger partial charge is 0.359 e. The molecule has 0 aromatic rings. The van der Waals surface area contributed by atoms with Crippen molar-refractivity contribution in [1.29, 1.82) is 0 Å². The topological polar surface area (TPSA) is 71.1 Å². The maximum atomic E-state index is 13.5. The van der Waals surface area contributed by atoms with Crippen LogP contribution in [0.5, 0.6) is 0 Å². The Balaban J connectivity index is 5.50. The monoisotopic (exact) mass is 550 g/mol. The normalized spacial score (nSPS) is 19.6. The average molecular weight is 552 g/mol. The molecular formula is C18H36Cl4O6P2. The maximum Gasteiger partial charge on any atom is 0.359 e. The average Bonchev–Trinajstić information content (AvgIpc) is 2.73. The van der Waals surface area contributed by atoms with Gasteiger partial charge in [0.1, 0.15) is 0 Å². The van der Waals surface area contributed by atoms with Gasteiger partial charge in [0, 0.05) is 5.38 Å². The molecule has 0 heterocycles. The maximum absolute atomic E-state index is 13.5. The van der Waals surface area contributed by atoms with Gasteiger partial charge < -0.3 is 13.6 Å². The summed E-state index contributed by atoms with van der Waals surface area (Å²) in [6.07, 6.45) is 2.36. The Bertz CT molecular complexity index is 539. The van der Waals surface area contributed by atoms with Crippen LogP contribution >= 0.6 is 61.6 Å². The third-order valence-electron chi connectivity index (χ3n) is 4.27. The highest BCUT2D eigenvalue weighted by atomic mass is 35.5. The Morgan fingerprint density at radius 3 is 1.40 bits per heavy atom. The second-order valence-electron chi connectivity index (χ2n) is 6.95. The number of alkyl halides is 4. The smallest absolute Gasteiger partial charge is 0.307 e. The van der Waals surface area contributed by atoms with Crippen molar-refractivity contribution in [3.63, 3.8) is 0 Å². The van der Waals surface area contributed by atoms with Gasteiger partial charge in [-0.3, -0.25) is 13.7 Å². The summed E-state index contributed by atoms with van der Waals surface area (Å²) < 4.78 is 49.2. The zero-order chi connectivity index (χ0) is 23.4. The third kappa shape index (κ3) is 12.6. The van der Waals surface area contributed by atoms with E-state index < -0.39 is 26.4 Å². The van der Waals surface area contributed by atoms with Gasteiger partial charge in [-0.1, -0.05) is 27.7 Å². The highest BCUT2D eigenvalue weighted by Crippen LogP contribution is 2.61. The first-order chi connectivity index (χ1) is 13.9. The van der Waals surface area contributed by atoms with Gasteiger partial charge >= 0.3 is 15.2 Å². The van der Waals surface area contributed by atoms with Crippen LogP contribution in [0, 0.1) is 0 Å². The first-order valence-electron chi connectivity index (χ1n) is 10.3. The van der Waals surface area contributed by atoms with Crippen molar-refractivity contribution >= 4 is 61.6 Å². The van der Waals surface area contributed by atoms with Crippen molar-refractivity contribution in [2.75, 3.05) is 26.0 Å². The molecular weight excluding hydrogens is 516 g/mol. The molecule has 0 bridgehead atoms. The molecule has 0 N–H and O–H groups in total. The van der Waals surface area contributed by atoms with E-state index in [9.17, 15) is 9.13 Å². The molecule has 0 radical (unpaired) electrons. The summed E-state index contributed by atoms with van der Waals surface area (Å²) >= 11 is 24.5. The van der Waals surface area contributed by atoms with Crippen molar-refractivity contribution in [3.05, 3.63) is 0 Å². The molecule has 0 unspecified atom stereocenters. The molecule has 0 fully saturated rings. The molecule has 0 saturated heterocycles. The fraction of sp³-hybridized carbons (Fsp3) is 1.00. The fourth-order valence-electron chi connectivity index (χ4n) is 1.95. The van der Waals surface area contributed by atoms with Crippen molar-refractivity contribution in [3.8, 4) is 0 Å². The van der Waals surface area contributed by atoms with Crippen LogP contribution in [0.15, 0.2) is 0 Å². The van der Waals surface area contributed by atoms with Gasteiger partial charge in [0.15, 0.2) is 5.85 Å². The van der Waals surface area contributed by atoms with Crippen molar-refractivity contribution in [2.24, 2.45) is 0 Å². The summed E-state index contributed by atoms with van der Waals surface area (Å²) in [4.78, 5) is 0. The molecule has 0 saturated carbocycles. The van der Waals surface area contributed by atoms with Crippen LogP contribution < -0.4 is 0 Å². The van der Waals surface area contributed by atoms with Gasteiger partial charge in [0.25, 0.3) is 0 Å². The fourth-order valence-corrected chi connectivity index (χ4v) is 6.94. The number of hydrogen-bond acceptors (Lipinski definition) is 6. The Morgan fingerprint density at radius 2 is 1.03 bits per heavy atom. The quantitative estimate of drug-likeness (QED) is 0.127. The van der Waals surface area contributed by atoms with Crippen LogP contribution in [-0.2, 0) is 27.2 Å². The number of halogens is 4. The minimum atomic E-state index is -3.87. The van der Waals surface area contributed by atoms with Crippen molar-refractivity contribution < 1.29 is 27.2 Å². The predicted molar refractivity (Wildman–Crippen MR) is 128 cm³/mol. The summed E-state index contributed by atoms with van der Waals surface area (Å²) in [5, 5.41) is -1.50. The van der Waals surface area contributed by atoms with Crippen LogP contribution in [0.25, 0.3) is 0 Å². The molecule has 6 atom stereocenters. The molecule has 0 aromatic carbocycles. The van der Waals surface area contributed by atoms with Crippen molar-refractivity contribution in [2.45, 2.75) is 87.7 Å². The summed E-state index contributed by atoms with van der Waals surface area (Å²) in [5.41, 5.74) is 0. The molecule has 12 heteroatoms. The van der Waals surface area contributed by atoms with Gasteiger partial charge in [-0.2, -0.15) is 0 Å². The van der Waals surface area contributed by atoms with Gasteiger partial charge in [-0.05, 0) is 32.6 Å². The standard InChI is InChI=1S/C18H36Cl4O6P2/c1-6-15(19)10-25-29(23,13-18(22)9-4)28-14(5)30(24,26-11-16(20)7-2)27-12-17(21)8-3/h14-18H,6-13H2,1-5H3/t14-,15-,16-,17-,18-,29+/m1/s1. The number of rotatable bonds is 18. The zero-order valence-corrected chi connectivity index (χ0v) is 23.2. The summed E-state index contributed by atoms with van der Waals surface area (Å²) in [6, 6.07) is 0. The zero-order valence-electron chi connectivity index (χ0n) is 18.4. The predicted octanol–water partition coefficient (Wildman–Crippen LogP) is 7.85. The summed E-state index contributed by atoms with van der Waals surface area (Å²) in [7, 11) is -7.60. The lowest BCUT2D eigenvalue weighted by Gasteiger charge is -2.29.